The van der Waals surface area contributed by atoms with E-state index in [4.69, 9.17) is 9.84 Å². The molecule has 0 radical (unpaired) electrons. The molecule has 23 heavy (non-hydrogen) atoms. The van der Waals surface area contributed by atoms with Crippen LogP contribution >= 0.6 is 11.3 Å². The molecule has 0 aliphatic heterocycles. The van der Waals surface area contributed by atoms with Gasteiger partial charge in [-0.25, -0.2) is 4.98 Å². The molecule has 5 nitrogen and oxygen atoms in total. The molecule has 1 atom stereocenters. The summed E-state index contributed by atoms with van der Waals surface area (Å²) in [6.07, 6.45) is 4.48. The number of nitrogens with one attached hydrogen (secondary N) is 1. The number of hydrogen-bond acceptors (Lipinski definition) is 5. The SMILES string of the molecule is COc1ccc(-c2ncc(C(=O)NC(CCO)C3CC3)s2)cc1. The van der Waals surface area contributed by atoms with E-state index >= 15 is 0 Å². The standard InChI is InChI=1S/C17H20N2O3S/c1-22-13-6-4-12(5-7-13)17-18-10-15(23-17)16(21)19-14(8-9-20)11-2-3-11/h4-7,10-11,14,20H,2-3,8-9H2,1H3,(H,19,21). The number of aliphatic hydroxyl groups excluding tert-OH is 1. The average molecular weight is 332 g/mol. The summed E-state index contributed by atoms with van der Waals surface area (Å²) in [4.78, 5) is 17.3. The number of benzene rings is 1. The Morgan fingerprint density at radius 2 is 2.17 bits per heavy atom. The van der Waals surface area contributed by atoms with E-state index in [2.05, 4.69) is 10.3 Å². The van der Waals surface area contributed by atoms with Crippen LogP contribution in [0.5, 0.6) is 5.75 Å². The number of rotatable bonds is 7. The number of carbonyl (C=O) groups excluding carboxylic acids is 1. The molecule has 122 valence electrons. The van der Waals surface area contributed by atoms with Crippen molar-refractivity contribution >= 4 is 17.2 Å². The van der Waals surface area contributed by atoms with Gasteiger partial charge < -0.3 is 15.2 Å². The van der Waals surface area contributed by atoms with Crippen molar-refractivity contribution in [2.75, 3.05) is 13.7 Å². The summed E-state index contributed by atoms with van der Waals surface area (Å²) in [5, 5.41) is 13.0. The van der Waals surface area contributed by atoms with Gasteiger partial charge in [-0.2, -0.15) is 0 Å². The van der Waals surface area contributed by atoms with Gasteiger partial charge >= 0.3 is 0 Å². The van der Waals surface area contributed by atoms with Crippen LogP contribution in [0.15, 0.2) is 30.5 Å². The number of methoxy groups -OCH3 is 1. The molecule has 1 unspecified atom stereocenters. The maximum atomic E-state index is 12.4. The van der Waals surface area contributed by atoms with Crippen LogP contribution in [-0.4, -0.2) is 35.8 Å². The lowest BCUT2D eigenvalue weighted by Gasteiger charge is -2.16. The van der Waals surface area contributed by atoms with Crippen LogP contribution in [0.1, 0.15) is 28.9 Å². The minimum Gasteiger partial charge on any atom is -0.497 e. The first-order chi connectivity index (χ1) is 11.2. The van der Waals surface area contributed by atoms with Gasteiger partial charge in [-0.15, -0.1) is 11.3 Å². The lowest BCUT2D eigenvalue weighted by atomic mass is 10.1. The second-order valence-corrected chi connectivity index (χ2v) is 6.72. The van der Waals surface area contributed by atoms with Crippen molar-refractivity contribution in [2.45, 2.75) is 25.3 Å². The zero-order chi connectivity index (χ0) is 16.2. The average Bonchev–Trinajstić information content (AvgIpc) is 3.31. The maximum absolute atomic E-state index is 12.4. The topological polar surface area (TPSA) is 71.5 Å². The van der Waals surface area contributed by atoms with E-state index in [1.807, 2.05) is 24.3 Å². The largest absolute Gasteiger partial charge is 0.497 e. The molecule has 1 heterocycles. The lowest BCUT2D eigenvalue weighted by Crippen LogP contribution is -2.36. The van der Waals surface area contributed by atoms with Crippen molar-refractivity contribution in [3.63, 3.8) is 0 Å². The monoisotopic (exact) mass is 332 g/mol. The molecule has 1 amide bonds. The van der Waals surface area contributed by atoms with Gasteiger partial charge in [-0.05, 0) is 49.4 Å². The highest BCUT2D eigenvalue weighted by atomic mass is 32.1. The van der Waals surface area contributed by atoms with Gasteiger partial charge in [0.1, 0.15) is 15.6 Å². The summed E-state index contributed by atoms with van der Waals surface area (Å²) in [5.41, 5.74) is 0.962. The van der Waals surface area contributed by atoms with Gasteiger partial charge in [0, 0.05) is 18.2 Å². The van der Waals surface area contributed by atoms with Gasteiger partial charge in [0.2, 0.25) is 0 Å². The van der Waals surface area contributed by atoms with E-state index in [0.717, 1.165) is 29.2 Å². The molecule has 0 spiro atoms. The summed E-state index contributed by atoms with van der Waals surface area (Å²) in [6, 6.07) is 7.68. The first kappa shape index (κ1) is 16.0. The Bertz CT molecular complexity index is 665. The second-order valence-electron chi connectivity index (χ2n) is 5.69. The van der Waals surface area contributed by atoms with Crippen LogP contribution < -0.4 is 10.1 Å². The van der Waals surface area contributed by atoms with Crippen LogP contribution in [-0.2, 0) is 0 Å². The maximum Gasteiger partial charge on any atom is 0.263 e. The minimum atomic E-state index is -0.104. The minimum absolute atomic E-state index is 0.0686. The van der Waals surface area contributed by atoms with Crippen LogP contribution in [0.25, 0.3) is 10.6 Å². The number of ether oxygens (including phenoxy) is 1. The van der Waals surface area contributed by atoms with Gasteiger partial charge in [-0.3, -0.25) is 4.79 Å². The third-order valence-corrected chi connectivity index (χ3v) is 5.06. The highest BCUT2D eigenvalue weighted by Crippen LogP contribution is 2.34. The van der Waals surface area contributed by atoms with E-state index in [1.54, 1.807) is 13.3 Å². The molecule has 6 heteroatoms. The van der Waals surface area contributed by atoms with Crippen molar-refractivity contribution in [3.05, 3.63) is 35.3 Å². The summed E-state index contributed by atoms with van der Waals surface area (Å²) in [5.74, 6) is 1.20. The summed E-state index contributed by atoms with van der Waals surface area (Å²) < 4.78 is 5.14. The Hall–Kier alpha value is -1.92. The molecule has 3 rings (SSSR count). The number of aromatic nitrogens is 1. The number of hydrogen-bond donors (Lipinski definition) is 2. The van der Waals surface area contributed by atoms with E-state index in [-0.39, 0.29) is 18.6 Å². The molecule has 1 aliphatic rings. The Morgan fingerprint density at radius 1 is 1.43 bits per heavy atom. The Labute approximate surface area is 139 Å². The molecule has 1 saturated carbocycles. The van der Waals surface area contributed by atoms with Gasteiger partial charge in [-0.1, -0.05) is 0 Å². The summed E-state index contributed by atoms with van der Waals surface area (Å²) in [7, 11) is 1.63. The smallest absolute Gasteiger partial charge is 0.263 e. The molecular formula is C17H20N2O3S. The van der Waals surface area contributed by atoms with E-state index in [1.165, 1.54) is 11.3 Å². The number of thiazole rings is 1. The highest BCUT2D eigenvalue weighted by Gasteiger charge is 2.32. The van der Waals surface area contributed by atoms with Crippen LogP contribution in [0.3, 0.4) is 0 Å². The van der Waals surface area contributed by atoms with Gasteiger partial charge in [0.05, 0.1) is 13.3 Å². The number of nitrogens with zero attached hydrogens (tertiary/aromatic N) is 1. The normalized spacial score (nSPS) is 15.2. The fraction of sp³-hybridized carbons (Fsp3) is 0.412. The van der Waals surface area contributed by atoms with Crippen molar-refractivity contribution < 1.29 is 14.6 Å². The Balaban J connectivity index is 1.68. The molecule has 1 fully saturated rings. The molecule has 0 saturated heterocycles. The van der Waals surface area contributed by atoms with Crippen molar-refractivity contribution in [2.24, 2.45) is 5.92 Å². The third kappa shape index (κ3) is 3.89. The molecule has 2 aromatic rings. The van der Waals surface area contributed by atoms with Crippen LogP contribution in [0.4, 0.5) is 0 Å². The molecule has 2 N–H and O–H groups in total. The van der Waals surface area contributed by atoms with Gasteiger partial charge in [0.15, 0.2) is 0 Å². The van der Waals surface area contributed by atoms with Crippen LogP contribution in [0, 0.1) is 5.92 Å². The predicted molar refractivity (Wildman–Crippen MR) is 89.8 cm³/mol. The first-order valence-corrected chi connectivity index (χ1v) is 8.55. The summed E-state index contributed by atoms with van der Waals surface area (Å²) in [6.45, 7) is 0.0984. The van der Waals surface area contributed by atoms with Crippen LogP contribution in [0.2, 0.25) is 0 Å². The molecule has 1 aromatic heterocycles. The molecule has 0 bridgehead atoms. The Kier molecular flexibility index (Phi) is 4.93. The quantitative estimate of drug-likeness (QED) is 0.818. The highest BCUT2D eigenvalue weighted by molar-refractivity contribution is 7.16. The molecule has 1 aromatic carbocycles. The Morgan fingerprint density at radius 3 is 2.78 bits per heavy atom. The fourth-order valence-electron chi connectivity index (χ4n) is 2.55. The number of amides is 1. The zero-order valence-electron chi connectivity index (χ0n) is 13.0. The molecular weight excluding hydrogens is 312 g/mol. The first-order valence-electron chi connectivity index (χ1n) is 7.73. The second kappa shape index (κ2) is 7.10. The lowest BCUT2D eigenvalue weighted by molar-refractivity contribution is 0.0928. The van der Waals surface area contributed by atoms with E-state index in [9.17, 15) is 4.79 Å². The number of aliphatic hydroxyl groups is 1. The van der Waals surface area contributed by atoms with Gasteiger partial charge in [0.25, 0.3) is 5.91 Å². The van der Waals surface area contributed by atoms with Crippen molar-refractivity contribution in [3.8, 4) is 16.3 Å². The van der Waals surface area contributed by atoms with Crippen molar-refractivity contribution in [1.29, 1.82) is 0 Å². The third-order valence-electron chi connectivity index (χ3n) is 4.01. The number of carbonyl (C=O) groups is 1. The van der Waals surface area contributed by atoms with E-state index < -0.39 is 0 Å². The molecule has 1 aliphatic carbocycles. The van der Waals surface area contributed by atoms with Crippen molar-refractivity contribution in [1.82, 2.24) is 10.3 Å². The van der Waals surface area contributed by atoms with E-state index in [0.29, 0.717) is 17.2 Å². The predicted octanol–water partition coefficient (Wildman–Crippen LogP) is 2.71. The zero-order valence-corrected chi connectivity index (χ0v) is 13.8. The fourth-order valence-corrected chi connectivity index (χ4v) is 3.37. The summed E-state index contributed by atoms with van der Waals surface area (Å²) >= 11 is 1.37.